The van der Waals surface area contributed by atoms with E-state index in [4.69, 9.17) is 9.47 Å². The van der Waals surface area contributed by atoms with E-state index in [1.54, 1.807) is 0 Å². The van der Waals surface area contributed by atoms with Gasteiger partial charge in [0.25, 0.3) is 0 Å². The summed E-state index contributed by atoms with van der Waals surface area (Å²) in [6, 6.07) is 8.34. The molecule has 0 aliphatic heterocycles. The van der Waals surface area contributed by atoms with Gasteiger partial charge in [-0.25, -0.2) is 0 Å². The van der Waals surface area contributed by atoms with Gasteiger partial charge < -0.3 is 9.47 Å². The van der Waals surface area contributed by atoms with Crippen LogP contribution in [0.5, 0.6) is 11.5 Å². The van der Waals surface area contributed by atoms with Gasteiger partial charge in [-0.05, 0) is 73.6 Å². The number of hydrogen-bond acceptors (Lipinski definition) is 2. The first-order valence-electron chi connectivity index (χ1n) is 14.1. The molecule has 2 atom stereocenters. The Labute approximate surface area is 198 Å². The minimum absolute atomic E-state index is 0.740. The van der Waals surface area contributed by atoms with Gasteiger partial charge in [-0.1, -0.05) is 90.9 Å². The minimum Gasteiger partial charge on any atom is -0.494 e. The fourth-order valence-electron chi connectivity index (χ4n) is 6.13. The number of rotatable bonds is 14. The second kappa shape index (κ2) is 14.9. The lowest BCUT2D eigenvalue weighted by Gasteiger charge is -2.30. The van der Waals surface area contributed by atoms with Crippen molar-refractivity contribution in [3.63, 3.8) is 0 Å². The molecule has 0 aromatic heterocycles. The second-order valence-electron chi connectivity index (χ2n) is 10.7. The lowest BCUT2D eigenvalue weighted by Crippen LogP contribution is -2.20. The first-order valence-corrected chi connectivity index (χ1v) is 14.1. The van der Waals surface area contributed by atoms with Crippen molar-refractivity contribution in [2.24, 2.45) is 23.7 Å². The molecule has 1 aromatic rings. The monoisotopic (exact) mass is 442 g/mol. The molecule has 0 radical (unpaired) electrons. The van der Waals surface area contributed by atoms with Crippen LogP contribution >= 0.6 is 0 Å². The number of benzene rings is 1. The number of hydrogen-bond donors (Lipinski definition) is 0. The van der Waals surface area contributed by atoms with E-state index in [1.807, 2.05) is 0 Å². The smallest absolute Gasteiger partial charge is 0.119 e. The van der Waals surface area contributed by atoms with Crippen LogP contribution in [0.15, 0.2) is 24.3 Å². The molecule has 32 heavy (non-hydrogen) atoms. The van der Waals surface area contributed by atoms with Gasteiger partial charge in [0.1, 0.15) is 11.5 Å². The summed E-state index contributed by atoms with van der Waals surface area (Å²) < 4.78 is 12.1. The largest absolute Gasteiger partial charge is 0.494 e. The molecule has 0 amide bonds. The van der Waals surface area contributed by atoms with Crippen LogP contribution < -0.4 is 9.47 Å². The van der Waals surface area contributed by atoms with Gasteiger partial charge >= 0.3 is 0 Å². The SMILES string of the molecule is CCCCCCC1CCC(COc2ccc(OCCCC3CCCCC3CC)cc2)CC1. The Balaban J connectivity index is 1.26. The van der Waals surface area contributed by atoms with Gasteiger partial charge in [-0.2, -0.15) is 0 Å². The summed E-state index contributed by atoms with van der Waals surface area (Å²) in [5, 5.41) is 0. The fourth-order valence-corrected chi connectivity index (χ4v) is 6.13. The third kappa shape index (κ3) is 8.99. The molecule has 2 aliphatic rings. The maximum absolute atomic E-state index is 6.12. The van der Waals surface area contributed by atoms with E-state index in [1.165, 1.54) is 103 Å². The molecule has 3 rings (SSSR count). The molecule has 2 saturated carbocycles. The van der Waals surface area contributed by atoms with Crippen molar-refractivity contribution in [1.29, 1.82) is 0 Å². The third-order valence-electron chi connectivity index (χ3n) is 8.32. The van der Waals surface area contributed by atoms with Crippen LogP contribution in [0, 0.1) is 23.7 Å². The van der Waals surface area contributed by atoms with Gasteiger partial charge in [0, 0.05) is 0 Å². The maximum Gasteiger partial charge on any atom is 0.119 e. The molecule has 182 valence electrons. The first-order chi connectivity index (χ1) is 15.8. The summed E-state index contributed by atoms with van der Waals surface area (Å²) in [5.41, 5.74) is 0. The van der Waals surface area contributed by atoms with Crippen LogP contribution in [0.1, 0.15) is 117 Å². The van der Waals surface area contributed by atoms with Crippen molar-refractivity contribution >= 4 is 0 Å². The molecular weight excluding hydrogens is 392 g/mol. The second-order valence-corrected chi connectivity index (χ2v) is 10.7. The van der Waals surface area contributed by atoms with Crippen LogP contribution in [0.2, 0.25) is 0 Å². The van der Waals surface area contributed by atoms with E-state index < -0.39 is 0 Å². The molecule has 2 heteroatoms. The number of unbranched alkanes of at least 4 members (excludes halogenated alkanes) is 3. The highest BCUT2D eigenvalue weighted by Crippen LogP contribution is 2.35. The molecule has 0 saturated heterocycles. The van der Waals surface area contributed by atoms with Gasteiger partial charge in [0.2, 0.25) is 0 Å². The summed E-state index contributed by atoms with van der Waals surface area (Å²) in [6.45, 7) is 6.38. The van der Waals surface area contributed by atoms with E-state index in [-0.39, 0.29) is 0 Å². The molecule has 2 nitrogen and oxygen atoms in total. The van der Waals surface area contributed by atoms with Crippen molar-refractivity contribution in [3.8, 4) is 11.5 Å². The van der Waals surface area contributed by atoms with Crippen molar-refractivity contribution in [2.75, 3.05) is 13.2 Å². The highest BCUT2D eigenvalue weighted by molar-refractivity contribution is 5.31. The summed E-state index contributed by atoms with van der Waals surface area (Å²) in [6.07, 6.45) is 22.2. The Hall–Kier alpha value is -1.18. The van der Waals surface area contributed by atoms with Gasteiger partial charge in [0.05, 0.1) is 13.2 Å². The highest BCUT2D eigenvalue weighted by Gasteiger charge is 2.23. The first kappa shape index (κ1) is 25.4. The zero-order valence-corrected chi connectivity index (χ0v) is 21.2. The van der Waals surface area contributed by atoms with Crippen LogP contribution in [0.25, 0.3) is 0 Å². The van der Waals surface area contributed by atoms with E-state index in [0.717, 1.165) is 48.4 Å². The zero-order chi connectivity index (χ0) is 22.4. The molecule has 2 aliphatic carbocycles. The Morgan fingerprint density at radius 2 is 1.31 bits per heavy atom. The predicted octanol–water partition coefficient (Wildman–Crippen LogP) is 9.22. The van der Waals surface area contributed by atoms with Crippen molar-refractivity contribution in [2.45, 2.75) is 117 Å². The van der Waals surface area contributed by atoms with Gasteiger partial charge in [-0.15, -0.1) is 0 Å². The fraction of sp³-hybridized carbons (Fsp3) is 0.800. The maximum atomic E-state index is 6.12. The van der Waals surface area contributed by atoms with Crippen LogP contribution in [0.3, 0.4) is 0 Å². The molecule has 2 fully saturated rings. The summed E-state index contributed by atoms with van der Waals surface area (Å²) >= 11 is 0. The van der Waals surface area contributed by atoms with Gasteiger partial charge in [0.15, 0.2) is 0 Å². The topological polar surface area (TPSA) is 18.5 Å². The van der Waals surface area contributed by atoms with Crippen LogP contribution in [0.4, 0.5) is 0 Å². The molecule has 2 unspecified atom stereocenters. The highest BCUT2D eigenvalue weighted by atomic mass is 16.5. The lowest BCUT2D eigenvalue weighted by molar-refractivity contribution is 0.177. The van der Waals surface area contributed by atoms with E-state index >= 15 is 0 Å². The Morgan fingerprint density at radius 3 is 2.00 bits per heavy atom. The van der Waals surface area contributed by atoms with Crippen LogP contribution in [-0.2, 0) is 0 Å². The minimum atomic E-state index is 0.740. The Morgan fingerprint density at radius 1 is 0.656 bits per heavy atom. The summed E-state index contributed by atoms with van der Waals surface area (Å²) in [7, 11) is 0. The molecule has 0 N–H and O–H groups in total. The summed E-state index contributed by atoms with van der Waals surface area (Å²) in [5.74, 6) is 5.59. The zero-order valence-electron chi connectivity index (χ0n) is 21.2. The van der Waals surface area contributed by atoms with Gasteiger partial charge in [-0.3, -0.25) is 0 Å². The van der Waals surface area contributed by atoms with E-state index in [2.05, 4.69) is 38.1 Å². The molecule has 0 spiro atoms. The third-order valence-corrected chi connectivity index (χ3v) is 8.32. The Bertz CT molecular complexity index is 587. The average Bonchev–Trinajstić information content (AvgIpc) is 2.85. The van der Waals surface area contributed by atoms with Crippen molar-refractivity contribution in [3.05, 3.63) is 24.3 Å². The molecule has 1 aromatic carbocycles. The van der Waals surface area contributed by atoms with Crippen molar-refractivity contribution in [1.82, 2.24) is 0 Å². The van der Waals surface area contributed by atoms with E-state index in [9.17, 15) is 0 Å². The lowest BCUT2D eigenvalue weighted by atomic mass is 9.76. The number of ether oxygens (including phenoxy) is 2. The normalized spacial score (nSPS) is 26.1. The predicted molar refractivity (Wildman–Crippen MR) is 137 cm³/mol. The molecular formula is C30H50O2. The molecule has 0 heterocycles. The molecule has 0 bridgehead atoms. The van der Waals surface area contributed by atoms with E-state index in [0.29, 0.717) is 0 Å². The van der Waals surface area contributed by atoms with Crippen molar-refractivity contribution < 1.29 is 9.47 Å². The Kier molecular flexibility index (Phi) is 11.8. The van der Waals surface area contributed by atoms with Crippen LogP contribution in [-0.4, -0.2) is 13.2 Å². The quantitative estimate of drug-likeness (QED) is 0.267. The standard InChI is InChI=1S/C30H50O2/c1-3-5-6-7-11-25-15-17-26(18-16-25)24-32-30-21-19-29(20-22-30)31-23-10-14-28-13-9-8-12-27(28)4-2/h19-22,25-28H,3-18,23-24H2,1-2H3. The summed E-state index contributed by atoms with van der Waals surface area (Å²) in [4.78, 5) is 0. The average molecular weight is 443 g/mol.